The fourth-order valence-corrected chi connectivity index (χ4v) is 3.27. The molecule has 1 heterocycles. The third kappa shape index (κ3) is 3.87. The second kappa shape index (κ2) is 8.89. The van der Waals surface area contributed by atoms with Crippen molar-refractivity contribution in [3.05, 3.63) is 52.9 Å². The molecule has 6 heteroatoms. The summed E-state index contributed by atoms with van der Waals surface area (Å²) in [6.45, 7) is 7.05. The smallest absolute Gasteiger partial charge is 0.347 e. The number of rotatable bonds is 6. The standard InChI is InChI=1S/C21H25N3O3.CH4/c1-13-9-10-17-19(23-27-15(3)21(25)26)16-7-4-5-8-18(16)24(12-6-11-22)20(17)14(13)2;/h4-5,7-10,15H,6,11-12,22H2,1-3H3,(H,25,26);1H4/b23-19+;. The van der Waals surface area contributed by atoms with Gasteiger partial charge < -0.3 is 20.2 Å². The van der Waals surface area contributed by atoms with Crippen molar-refractivity contribution in [2.75, 3.05) is 6.54 Å². The quantitative estimate of drug-likeness (QED) is 0.502. The van der Waals surface area contributed by atoms with Gasteiger partial charge in [0.05, 0.1) is 11.0 Å². The van der Waals surface area contributed by atoms with E-state index >= 15 is 0 Å². The summed E-state index contributed by atoms with van der Waals surface area (Å²) in [5, 5.41) is 15.9. The molecule has 6 nitrogen and oxygen atoms in total. The van der Waals surface area contributed by atoms with Gasteiger partial charge in [0.1, 0.15) is 5.36 Å². The summed E-state index contributed by atoms with van der Waals surface area (Å²) in [4.78, 5) is 16.4. The highest BCUT2D eigenvalue weighted by molar-refractivity contribution is 5.95. The fraction of sp³-hybridized carbons (Fsp3) is 0.364. The number of hydrogen-bond acceptors (Lipinski definition) is 4. The summed E-state index contributed by atoms with van der Waals surface area (Å²) in [6.07, 6.45) is -0.157. The van der Waals surface area contributed by atoms with Gasteiger partial charge in [-0.1, -0.05) is 42.9 Å². The molecule has 1 atom stereocenters. The van der Waals surface area contributed by atoms with Gasteiger partial charge in [0, 0.05) is 17.3 Å². The van der Waals surface area contributed by atoms with Crippen molar-refractivity contribution in [2.24, 2.45) is 10.9 Å². The highest BCUT2D eigenvalue weighted by atomic mass is 16.6. The summed E-state index contributed by atoms with van der Waals surface area (Å²) in [5.41, 5.74) is 10.2. The minimum atomic E-state index is -1.05. The highest BCUT2D eigenvalue weighted by Gasteiger charge is 2.15. The monoisotopic (exact) mass is 383 g/mol. The number of carbonyl (C=O) groups is 1. The number of aryl methyl sites for hydroxylation is 3. The van der Waals surface area contributed by atoms with E-state index in [2.05, 4.69) is 29.6 Å². The van der Waals surface area contributed by atoms with Crippen molar-refractivity contribution in [3.63, 3.8) is 0 Å². The van der Waals surface area contributed by atoms with Gasteiger partial charge in [0.15, 0.2) is 0 Å². The van der Waals surface area contributed by atoms with Crippen LogP contribution in [0.3, 0.4) is 0 Å². The lowest BCUT2D eigenvalue weighted by Gasteiger charge is -2.19. The first-order chi connectivity index (χ1) is 13.0. The van der Waals surface area contributed by atoms with Crippen LogP contribution in [0.5, 0.6) is 0 Å². The van der Waals surface area contributed by atoms with Crippen LogP contribution in [0.4, 0.5) is 0 Å². The molecule has 0 aliphatic rings. The largest absolute Gasteiger partial charge is 0.478 e. The molecule has 3 N–H and O–H groups in total. The Balaban J connectivity index is 0.00000280. The minimum absolute atomic E-state index is 0. The van der Waals surface area contributed by atoms with Gasteiger partial charge in [0.2, 0.25) is 6.10 Å². The molecule has 0 aliphatic carbocycles. The Kier molecular flexibility index (Phi) is 6.80. The van der Waals surface area contributed by atoms with Crippen molar-refractivity contribution in [3.8, 4) is 0 Å². The zero-order chi connectivity index (χ0) is 19.6. The van der Waals surface area contributed by atoms with Gasteiger partial charge in [0.25, 0.3) is 0 Å². The van der Waals surface area contributed by atoms with Crippen LogP contribution in [-0.4, -0.2) is 28.3 Å². The predicted molar refractivity (Wildman–Crippen MR) is 113 cm³/mol. The number of para-hydroxylation sites is 1. The highest BCUT2D eigenvalue weighted by Crippen LogP contribution is 2.25. The number of benzene rings is 2. The average Bonchev–Trinajstić information content (AvgIpc) is 2.67. The van der Waals surface area contributed by atoms with Gasteiger partial charge in [-0.15, -0.1) is 0 Å². The maximum Gasteiger partial charge on any atom is 0.347 e. The molecule has 150 valence electrons. The maximum absolute atomic E-state index is 11.1. The molecule has 1 aromatic heterocycles. The normalized spacial score (nSPS) is 12.8. The van der Waals surface area contributed by atoms with Gasteiger partial charge in [-0.25, -0.2) is 4.79 Å². The van der Waals surface area contributed by atoms with Crippen molar-refractivity contribution in [2.45, 2.75) is 47.3 Å². The molecule has 0 radical (unpaired) electrons. The van der Waals surface area contributed by atoms with Gasteiger partial charge in [-0.2, -0.15) is 0 Å². The van der Waals surface area contributed by atoms with Crippen LogP contribution in [-0.2, 0) is 16.2 Å². The van der Waals surface area contributed by atoms with E-state index in [9.17, 15) is 4.79 Å². The number of aromatic nitrogens is 1. The molecule has 3 aromatic rings. The Morgan fingerprint density at radius 3 is 2.61 bits per heavy atom. The second-order valence-corrected chi connectivity index (χ2v) is 6.74. The Morgan fingerprint density at radius 2 is 1.93 bits per heavy atom. The molecular formula is C22H29N3O3. The lowest BCUT2D eigenvalue weighted by Crippen LogP contribution is -2.20. The third-order valence-electron chi connectivity index (χ3n) is 4.91. The molecule has 3 rings (SSSR count). The van der Waals surface area contributed by atoms with E-state index in [0.29, 0.717) is 11.9 Å². The molecule has 0 aliphatic heterocycles. The van der Waals surface area contributed by atoms with Crippen LogP contribution in [0.1, 0.15) is 31.9 Å². The number of carboxylic acids is 1. The van der Waals surface area contributed by atoms with Gasteiger partial charge in [-0.3, -0.25) is 0 Å². The third-order valence-corrected chi connectivity index (χ3v) is 4.91. The van der Waals surface area contributed by atoms with E-state index in [1.165, 1.54) is 12.5 Å². The number of pyridine rings is 1. The Hall–Kier alpha value is -2.86. The van der Waals surface area contributed by atoms with Crippen LogP contribution in [0, 0.1) is 13.8 Å². The summed E-state index contributed by atoms with van der Waals surface area (Å²) < 4.78 is 2.28. The second-order valence-electron chi connectivity index (χ2n) is 6.74. The van der Waals surface area contributed by atoms with E-state index in [1.807, 2.05) is 30.3 Å². The SMILES string of the molecule is C.Cc1ccc2/c(=N/OC(C)C(=O)O)c3ccccc3n(CCCN)c2c1C. The number of fused-ring (bicyclic) bond motifs is 2. The zero-order valence-electron chi connectivity index (χ0n) is 15.9. The molecule has 28 heavy (non-hydrogen) atoms. The summed E-state index contributed by atoms with van der Waals surface area (Å²) in [6, 6.07) is 12.0. The summed E-state index contributed by atoms with van der Waals surface area (Å²) in [5.74, 6) is -1.05. The van der Waals surface area contributed by atoms with E-state index in [0.717, 1.165) is 40.3 Å². The van der Waals surface area contributed by atoms with Crippen LogP contribution in [0.15, 0.2) is 41.6 Å². The molecular weight excluding hydrogens is 354 g/mol. The maximum atomic E-state index is 11.1. The van der Waals surface area contributed by atoms with E-state index in [-0.39, 0.29) is 7.43 Å². The van der Waals surface area contributed by atoms with Crippen LogP contribution in [0.25, 0.3) is 21.8 Å². The molecule has 0 spiro atoms. The predicted octanol–water partition coefficient (Wildman–Crippen LogP) is 3.70. The molecule has 0 fully saturated rings. The topological polar surface area (TPSA) is 89.8 Å². The molecule has 2 aromatic carbocycles. The van der Waals surface area contributed by atoms with E-state index in [4.69, 9.17) is 15.7 Å². The number of nitrogens with zero attached hydrogens (tertiary/aromatic N) is 2. The molecule has 0 bridgehead atoms. The fourth-order valence-electron chi connectivity index (χ4n) is 3.27. The first-order valence-corrected chi connectivity index (χ1v) is 9.10. The van der Waals surface area contributed by atoms with Gasteiger partial charge >= 0.3 is 5.97 Å². The van der Waals surface area contributed by atoms with Crippen molar-refractivity contribution < 1.29 is 14.7 Å². The Morgan fingerprint density at radius 1 is 1.21 bits per heavy atom. The van der Waals surface area contributed by atoms with Crippen LogP contribution >= 0.6 is 0 Å². The molecule has 0 saturated carbocycles. The number of nitrogens with two attached hydrogens (primary N) is 1. The van der Waals surface area contributed by atoms with Crippen molar-refractivity contribution >= 4 is 27.8 Å². The zero-order valence-corrected chi connectivity index (χ0v) is 15.9. The van der Waals surface area contributed by atoms with Crippen molar-refractivity contribution in [1.29, 1.82) is 0 Å². The number of hydrogen-bond donors (Lipinski definition) is 2. The Bertz CT molecular complexity index is 1070. The Labute approximate surface area is 165 Å². The minimum Gasteiger partial charge on any atom is -0.478 e. The lowest BCUT2D eigenvalue weighted by atomic mass is 10.0. The average molecular weight is 383 g/mol. The van der Waals surface area contributed by atoms with Crippen LogP contribution < -0.4 is 11.1 Å². The summed E-state index contributed by atoms with van der Waals surface area (Å²) >= 11 is 0. The lowest BCUT2D eigenvalue weighted by molar-refractivity contribution is -0.149. The molecule has 0 amide bonds. The van der Waals surface area contributed by atoms with E-state index < -0.39 is 12.1 Å². The molecule has 1 unspecified atom stereocenters. The number of aliphatic carboxylic acids is 1. The number of carboxylic acid groups (broad SMARTS) is 1. The van der Waals surface area contributed by atoms with Gasteiger partial charge in [-0.05, 0) is 50.9 Å². The molecule has 0 saturated heterocycles. The van der Waals surface area contributed by atoms with Crippen molar-refractivity contribution in [1.82, 2.24) is 4.57 Å². The first-order valence-electron chi connectivity index (χ1n) is 9.10. The van der Waals surface area contributed by atoms with E-state index in [1.54, 1.807) is 0 Å². The van der Waals surface area contributed by atoms with Crippen LogP contribution in [0.2, 0.25) is 0 Å². The summed E-state index contributed by atoms with van der Waals surface area (Å²) in [7, 11) is 0. The first kappa shape index (κ1) is 21.4.